The predicted molar refractivity (Wildman–Crippen MR) is 126 cm³/mol. The number of aliphatic imine (C=N–C) groups is 1. The Morgan fingerprint density at radius 1 is 1.13 bits per heavy atom. The molecule has 31 heavy (non-hydrogen) atoms. The Bertz CT molecular complexity index is 1080. The van der Waals surface area contributed by atoms with Crippen LogP contribution in [0.25, 0.3) is 22.2 Å². The molecular weight excluding hydrogens is 386 g/mol. The molecule has 6 N–H and O–H groups in total. The summed E-state index contributed by atoms with van der Waals surface area (Å²) in [6.07, 6.45) is 5.98. The Hall–Kier alpha value is -3.13. The fourth-order valence-corrected chi connectivity index (χ4v) is 4.18. The van der Waals surface area contributed by atoms with Crippen molar-refractivity contribution in [1.82, 2.24) is 26.1 Å². The van der Waals surface area contributed by atoms with E-state index in [1.807, 2.05) is 24.3 Å². The number of aromatic nitrogens is 1. The standard InChI is InChI=1S/C24H29N7/c25-24(27-13-10-23(30-24)26-11-4-14-31-15-5-12-28-31)20-8-3-7-18(16-20)22-17-19-6-1-2-9-21(19)29-22/h1-3,6-10,13,16-17,26,28-30H,4-5,11-12,14-15,25H2. The SMILES string of the molecule is NC1(c2cccc(-c3cc4ccccc4[nH]3)c2)N=CC=C(NCCCN2CCCN2)N1. The van der Waals surface area contributed by atoms with Crippen molar-refractivity contribution in [3.8, 4) is 11.3 Å². The van der Waals surface area contributed by atoms with Crippen molar-refractivity contribution in [1.29, 1.82) is 0 Å². The molecular formula is C24H29N7. The van der Waals surface area contributed by atoms with E-state index >= 15 is 0 Å². The monoisotopic (exact) mass is 415 g/mol. The van der Waals surface area contributed by atoms with Gasteiger partial charge in [0.15, 0.2) is 0 Å². The van der Waals surface area contributed by atoms with Crippen LogP contribution >= 0.6 is 0 Å². The maximum atomic E-state index is 6.68. The van der Waals surface area contributed by atoms with Crippen LogP contribution in [0.15, 0.2) is 71.5 Å². The lowest BCUT2D eigenvalue weighted by Crippen LogP contribution is -2.52. The summed E-state index contributed by atoms with van der Waals surface area (Å²) in [6, 6.07) is 18.7. The number of aromatic amines is 1. The van der Waals surface area contributed by atoms with Gasteiger partial charge in [0, 0.05) is 54.6 Å². The van der Waals surface area contributed by atoms with Crippen LogP contribution in [0.4, 0.5) is 0 Å². The van der Waals surface area contributed by atoms with Crippen LogP contribution in [0.3, 0.4) is 0 Å². The zero-order chi connectivity index (χ0) is 21.1. The smallest absolute Gasteiger partial charge is 0.210 e. The van der Waals surface area contributed by atoms with Gasteiger partial charge in [0.1, 0.15) is 5.82 Å². The Balaban J connectivity index is 1.26. The second kappa shape index (κ2) is 8.55. The molecule has 1 atom stereocenters. The zero-order valence-electron chi connectivity index (χ0n) is 17.6. The number of allylic oxidation sites excluding steroid dienone is 1. The third-order valence-corrected chi connectivity index (χ3v) is 5.85. The first-order chi connectivity index (χ1) is 15.2. The lowest BCUT2D eigenvalue weighted by atomic mass is 10.0. The Kier molecular flexibility index (Phi) is 5.46. The highest BCUT2D eigenvalue weighted by Crippen LogP contribution is 2.28. The molecule has 2 aliphatic heterocycles. The maximum Gasteiger partial charge on any atom is 0.210 e. The van der Waals surface area contributed by atoms with Crippen molar-refractivity contribution < 1.29 is 0 Å². The van der Waals surface area contributed by atoms with E-state index in [0.29, 0.717) is 0 Å². The van der Waals surface area contributed by atoms with Gasteiger partial charge in [-0.15, -0.1) is 0 Å². The van der Waals surface area contributed by atoms with Crippen molar-refractivity contribution in [2.45, 2.75) is 18.6 Å². The average Bonchev–Trinajstić information content (AvgIpc) is 3.47. The van der Waals surface area contributed by atoms with Crippen molar-refractivity contribution >= 4 is 17.1 Å². The van der Waals surface area contributed by atoms with Crippen LogP contribution < -0.4 is 21.8 Å². The quantitative estimate of drug-likeness (QED) is 0.383. The molecule has 0 bridgehead atoms. The van der Waals surface area contributed by atoms with E-state index in [9.17, 15) is 0 Å². The van der Waals surface area contributed by atoms with Crippen LogP contribution in [0.5, 0.6) is 0 Å². The lowest BCUT2D eigenvalue weighted by molar-refractivity contribution is 0.249. The minimum atomic E-state index is -1.00. The molecule has 160 valence electrons. The molecule has 7 nitrogen and oxygen atoms in total. The summed E-state index contributed by atoms with van der Waals surface area (Å²) in [5.41, 5.74) is 14.2. The lowest BCUT2D eigenvalue weighted by Gasteiger charge is -2.32. The van der Waals surface area contributed by atoms with Crippen LogP contribution in [0.1, 0.15) is 18.4 Å². The normalized spacial score (nSPS) is 21.3. The number of benzene rings is 2. The van der Waals surface area contributed by atoms with Gasteiger partial charge >= 0.3 is 0 Å². The van der Waals surface area contributed by atoms with Crippen LogP contribution in [0.2, 0.25) is 0 Å². The van der Waals surface area contributed by atoms with Crippen molar-refractivity contribution in [3.63, 3.8) is 0 Å². The predicted octanol–water partition coefficient (Wildman–Crippen LogP) is 2.61. The molecule has 2 aromatic carbocycles. The Morgan fingerprint density at radius 3 is 2.94 bits per heavy atom. The molecule has 2 aliphatic rings. The number of hydrogen-bond acceptors (Lipinski definition) is 6. The highest BCUT2D eigenvalue weighted by Gasteiger charge is 2.29. The van der Waals surface area contributed by atoms with Crippen LogP contribution in [-0.4, -0.2) is 42.4 Å². The number of hydrazine groups is 1. The van der Waals surface area contributed by atoms with Gasteiger partial charge in [0.05, 0.1) is 0 Å². The maximum absolute atomic E-state index is 6.68. The molecule has 0 amide bonds. The molecule has 0 saturated carbocycles. The number of fused-ring (bicyclic) bond motifs is 1. The van der Waals surface area contributed by atoms with Crippen LogP contribution in [-0.2, 0) is 5.79 Å². The number of hydrogen-bond donors (Lipinski definition) is 5. The molecule has 0 spiro atoms. The van der Waals surface area contributed by atoms with Gasteiger partial charge < -0.3 is 15.6 Å². The van der Waals surface area contributed by atoms with E-state index in [4.69, 9.17) is 5.73 Å². The first kappa shape index (κ1) is 19.8. The fourth-order valence-electron chi connectivity index (χ4n) is 4.18. The van der Waals surface area contributed by atoms with Crippen LogP contribution in [0, 0.1) is 0 Å². The van der Waals surface area contributed by atoms with E-state index in [1.54, 1.807) is 6.21 Å². The van der Waals surface area contributed by atoms with Gasteiger partial charge in [-0.3, -0.25) is 11.2 Å². The molecule has 3 aromatic rings. The summed E-state index contributed by atoms with van der Waals surface area (Å²) in [6.45, 7) is 4.13. The Morgan fingerprint density at radius 2 is 2.06 bits per heavy atom. The summed E-state index contributed by atoms with van der Waals surface area (Å²) in [4.78, 5) is 8.04. The molecule has 0 aliphatic carbocycles. The summed E-state index contributed by atoms with van der Waals surface area (Å²) >= 11 is 0. The summed E-state index contributed by atoms with van der Waals surface area (Å²) in [7, 11) is 0. The average molecular weight is 416 g/mol. The zero-order valence-corrected chi connectivity index (χ0v) is 17.6. The van der Waals surface area contributed by atoms with E-state index in [1.165, 1.54) is 11.8 Å². The van der Waals surface area contributed by atoms with E-state index < -0.39 is 5.79 Å². The van der Waals surface area contributed by atoms with Gasteiger partial charge in [0.2, 0.25) is 5.79 Å². The van der Waals surface area contributed by atoms with E-state index in [0.717, 1.165) is 60.8 Å². The number of para-hydroxylation sites is 1. The topological polar surface area (TPSA) is 93.5 Å². The van der Waals surface area contributed by atoms with Gasteiger partial charge in [-0.2, -0.15) is 0 Å². The van der Waals surface area contributed by atoms with Gasteiger partial charge in [0.25, 0.3) is 0 Å². The van der Waals surface area contributed by atoms with E-state index in [-0.39, 0.29) is 0 Å². The second-order valence-corrected chi connectivity index (χ2v) is 8.13. The molecule has 0 radical (unpaired) electrons. The van der Waals surface area contributed by atoms with Crippen molar-refractivity contribution in [3.05, 3.63) is 72.1 Å². The summed E-state index contributed by atoms with van der Waals surface area (Å²) < 4.78 is 0. The van der Waals surface area contributed by atoms with Gasteiger partial charge in [-0.25, -0.2) is 10.0 Å². The van der Waals surface area contributed by atoms with E-state index in [2.05, 4.69) is 67.4 Å². The molecule has 3 heterocycles. The molecule has 1 aromatic heterocycles. The molecule has 7 heteroatoms. The molecule has 1 saturated heterocycles. The number of H-pyrrole nitrogens is 1. The van der Waals surface area contributed by atoms with Crippen molar-refractivity contribution in [2.75, 3.05) is 26.2 Å². The third kappa shape index (κ3) is 4.34. The first-order valence-corrected chi connectivity index (χ1v) is 10.9. The van der Waals surface area contributed by atoms with Crippen molar-refractivity contribution in [2.24, 2.45) is 10.7 Å². The minimum absolute atomic E-state index is 0.871. The molecule has 1 fully saturated rings. The van der Waals surface area contributed by atoms with Gasteiger partial charge in [-0.05, 0) is 42.7 Å². The Labute approximate surface area is 182 Å². The number of nitrogens with two attached hydrogens (primary N) is 1. The largest absolute Gasteiger partial charge is 0.372 e. The summed E-state index contributed by atoms with van der Waals surface area (Å²) in [5.74, 6) is -0.113. The summed E-state index contributed by atoms with van der Waals surface area (Å²) in [5, 5.41) is 10.3. The van der Waals surface area contributed by atoms with Gasteiger partial charge in [-0.1, -0.05) is 36.4 Å². The number of rotatable bonds is 7. The highest BCUT2D eigenvalue weighted by atomic mass is 15.5. The third-order valence-electron chi connectivity index (χ3n) is 5.85. The highest BCUT2D eigenvalue weighted by molar-refractivity contribution is 5.85. The fraction of sp³-hybridized carbons (Fsp3) is 0.292. The number of nitrogens with one attached hydrogen (secondary N) is 4. The molecule has 1 unspecified atom stereocenters. The second-order valence-electron chi connectivity index (χ2n) is 8.13. The minimum Gasteiger partial charge on any atom is -0.372 e. The number of nitrogens with zero attached hydrogens (tertiary/aromatic N) is 2. The molecule has 5 rings (SSSR count). The first-order valence-electron chi connectivity index (χ1n) is 10.9.